The van der Waals surface area contributed by atoms with Gasteiger partial charge in [0.05, 0.1) is 27.8 Å². The molecule has 0 aliphatic carbocycles. The second-order valence-electron chi connectivity index (χ2n) is 7.81. The number of nitrogens with zero attached hydrogens (tertiary/aromatic N) is 4. The van der Waals surface area contributed by atoms with Crippen molar-refractivity contribution in [2.75, 3.05) is 11.4 Å². The fourth-order valence-electron chi connectivity index (χ4n) is 4.55. The standard InChI is InChI=1S/C24H19N5O2/c1-28-21-12-15(29-11-9-14-4-2-3-5-20(14)29)6-7-16(21)23(27-28)19-13-18-22(26-19)17(24(30)31)8-10-25-18/h2-8,10,12-13,26H,9,11H2,1H3,(H,30,31). The summed E-state index contributed by atoms with van der Waals surface area (Å²) in [5.41, 5.74) is 7.63. The average molecular weight is 409 g/mol. The molecule has 0 saturated carbocycles. The molecule has 5 aromatic rings. The summed E-state index contributed by atoms with van der Waals surface area (Å²) in [5.74, 6) is -0.984. The number of aryl methyl sites for hydroxylation is 1. The van der Waals surface area contributed by atoms with Crippen LogP contribution in [-0.4, -0.2) is 37.4 Å². The molecule has 0 amide bonds. The first-order chi connectivity index (χ1) is 15.1. The van der Waals surface area contributed by atoms with E-state index in [0.29, 0.717) is 11.0 Å². The van der Waals surface area contributed by atoms with Gasteiger partial charge in [-0.15, -0.1) is 0 Å². The van der Waals surface area contributed by atoms with Crippen LogP contribution in [0.25, 0.3) is 33.3 Å². The highest BCUT2D eigenvalue weighted by atomic mass is 16.4. The Bertz CT molecular complexity index is 1500. The maximum Gasteiger partial charge on any atom is 0.337 e. The van der Waals surface area contributed by atoms with Gasteiger partial charge < -0.3 is 15.0 Å². The highest BCUT2D eigenvalue weighted by Gasteiger charge is 2.22. The van der Waals surface area contributed by atoms with Crippen LogP contribution in [0.1, 0.15) is 15.9 Å². The Morgan fingerprint density at radius 1 is 1.13 bits per heavy atom. The van der Waals surface area contributed by atoms with E-state index in [1.165, 1.54) is 23.5 Å². The smallest absolute Gasteiger partial charge is 0.337 e. The number of aromatic carboxylic acids is 1. The van der Waals surface area contributed by atoms with E-state index in [9.17, 15) is 9.90 Å². The Morgan fingerprint density at radius 3 is 2.87 bits per heavy atom. The number of aromatic nitrogens is 4. The molecular weight excluding hydrogens is 390 g/mol. The zero-order valence-electron chi connectivity index (χ0n) is 16.8. The molecule has 0 spiro atoms. The summed E-state index contributed by atoms with van der Waals surface area (Å²) in [5, 5.41) is 15.2. The van der Waals surface area contributed by atoms with Crippen LogP contribution in [0.5, 0.6) is 0 Å². The number of nitrogens with one attached hydrogen (secondary N) is 1. The lowest BCUT2D eigenvalue weighted by atomic mass is 10.1. The molecule has 0 bridgehead atoms. The zero-order chi connectivity index (χ0) is 21.1. The number of fused-ring (bicyclic) bond motifs is 3. The van der Waals surface area contributed by atoms with Crippen LogP contribution in [0, 0.1) is 0 Å². The molecule has 3 aromatic heterocycles. The number of benzene rings is 2. The van der Waals surface area contributed by atoms with E-state index in [1.807, 2.05) is 17.8 Å². The van der Waals surface area contributed by atoms with Crippen LogP contribution in [0.4, 0.5) is 11.4 Å². The van der Waals surface area contributed by atoms with Crippen molar-refractivity contribution in [3.8, 4) is 11.4 Å². The molecule has 7 heteroatoms. The first-order valence-corrected chi connectivity index (χ1v) is 10.1. The van der Waals surface area contributed by atoms with E-state index in [4.69, 9.17) is 5.10 Å². The number of carbonyl (C=O) groups is 1. The molecule has 0 fully saturated rings. The Hall–Kier alpha value is -4.13. The molecule has 0 radical (unpaired) electrons. The Balaban J connectivity index is 1.47. The topological polar surface area (TPSA) is 87.0 Å². The minimum Gasteiger partial charge on any atom is -0.478 e. The molecule has 2 N–H and O–H groups in total. The van der Waals surface area contributed by atoms with Gasteiger partial charge in [-0.3, -0.25) is 9.67 Å². The van der Waals surface area contributed by atoms with Crippen LogP contribution >= 0.6 is 0 Å². The molecule has 6 rings (SSSR count). The van der Waals surface area contributed by atoms with E-state index in [0.717, 1.165) is 40.9 Å². The Labute approximate surface area is 177 Å². The Morgan fingerprint density at radius 2 is 2.00 bits per heavy atom. The molecule has 4 heterocycles. The zero-order valence-corrected chi connectivity index (χ0v) is 16.8. The average Bonchev–Trinajstić information content (AvgIpc) is 3.48. The number of aromatic amines is 1. The van der Waals surface area contributed by atoms with Crippen molar-refractivity contribution in [2.45, 2.75) is 6.42 Å². The van der Waals surface area contributed by atoms with Gasteiger partial charge in [0, 0.05) is 36.6 Å². The number of hydrogen-bond acceptors (Lipinski definition) is 4. The summed E-state index contributed by atoms with van der Waals surface area (Å²) in [6, 6.07) is 18.2. The Kier molecular flexibility index (Phi) is 3.67. The molecule has 7 nitrogen and oxygen atoms in total. The summed E-state index contributed by atoms with van der Waals surface area (Å²) < 4.78 is 1.87. The number of pyridine rings is 1. The van der Waals surface area contributed by atoms with Crippen LogP contribution in [0.15, 0.2) is 60.8 Å². The third kappa shape index (κ3) is 2.63. The van der Waals surface area contributed by atoms with Gasteiger partial charge in [0.15, 0.2) is 0 Å². The number of hydrogen-bond donors (Lipinski definition) is 2. The van der Waals surface area contributed by atoms with Gasteiger partial charge in [-0.25, -0.2) is 4.79 Å². The number of H-pyrrole nitrogens is 1. The summed E-state index contributed by atoms with van der Waals surface area (Å²) in [4.78, 5) is 21.4. The van der Waals surface area contributed by atoms with E-state index >= 15 is 0 Å². The summed E-state index contributed by atoms with van der Waals surface area (Å²) >= 11 is 0. The van der Waals surface area contributed by atoms with Gasteiger partial charge in [-0.2, -0.15) is 5.10 Å². The maximum absolute atomic E-state index is 11.6. The van der Waals surface area contributed by atoms with Crippen LogP contribution < -0.4 is 4.90 Å². The number of rotatable bonds is 3. The number of carboxylic acid groups (broad SMARTS) is 1. The van der Waals surface area contributed by atoms with Crippen molar-refractivity contribution in [1.29, 1.82) is 0 Å². The van der Waals surface area contributed by atoms with Gasteiger partial charge >= 0.3 is 5.97 Å². The third-order valence-electron chi connectivity index (χ3n) is 6.04. The monoisotopic (exact) mass is 409 g/mol. The lowest BCUT2D eigenvalue weighted by Gasteiger charge is -2.19. The molecule has 152 valence electrons. The van der Waals surface area contributed by atoms with Crippen LogP contribution in [0.3, 0.4) is 0 Å². The first-order valence-electron chi connectivity index (χ1n) is 10.1. The second-order valence-corrected chi connectivity index (χ2v) is 7.81. The van der Waals surface area contributed by atoms with E-state index in [1.54, 1.807) is 0 Å². The second kappa shape index (κ2) is 6.43. The lowest BCUT2D eigenvalue weighted by Crippen LogP contribution is -2.13. The van der Waals surface area contributed by atoms with Crippen molar-refractivity contribution < 1.29 is 9.90 Å². The molecule has 0 unspecified atom stereocenters. The summed E-state index contributed by atoms with van der Waals surface area (Å²) in [6.45, 7) is 0.960. The lowest BCUT2D eigenvalue weighted by molar-refractivity contribution is 0.0698. The quantitative estimate of drug-likeness (QED) is 0.458. The number of anilines is 2. The minimum absolute atomic E-state index is 0.200. The van der Waals surface area contributed by atoms with Crippen molar-refractivity contribution in [3.63, 3.8) is 0 Å². The van der Waals surface area contributed by atoms with E-state index in [2.05, 4.69) is 57.3 Å². The normalized spacial score (nSPS) is 13.3. The van der Waals surface area contributed by atoms with Crippen LogP contribution in [-0.2, 0) is 13.5 Å². The van der Waals surface area contributed by atoms with Gasteiger partial charge in [0.2, 0.25) is 0 Å². The van der Waals surface area contributed by atoms with E-state index in [-0.39, 0.29) is 5.56 Å². The van der Waals surface area contributed by atoms with Crippen molar-refractivity contribution in [3.05, 3.63) is 71.9 Å². The molecule has 1 aliphatic rings. The number of para-hydroxylation sites is 1. The van der Waals surface area contributed by atoms with Crippen molar-refractivity contribution >= 4 is 39.3 Å². The molecule has 0 saturated heterocycles. The summed E-state index contributed by atoms with van der Waals surface area (Å²) in [7, 11) is 1.93. The van der Waals surface area contributed by atoms with Crippen LogP contribution in [0.2, 0.25) is 0 Å². The number of carboxylic acids is 1. The van der Waals surface area contributed by atoms with Gasteiger partial charge in [-0.05, 0) is 48.4 Å². The summed E-state index contributed by atoms with van der Waals surface area (Å²) in [6.07, 6.45) is 2.55. The first kappa shape index (κ1) is 17.7. The fourth-order valence-corrected chi connectivity index (χ4v) is 4.55. The molecular formula is C24H19N5O2. The predicted octanol–water partition coefficient (Wildman–Crippen LogP) is 4.51. The highest BCUT2D eigenvalue weighted by Crippen LogP contribution is 2.37. The predicted molar refractivity (Wildman–Crippen MR) is 120 cm³/mol. The van der Waals surface area contributed by atoms with Gasteiger partial charge in [0.25, 0.3) is 0 Å². The minimum atomic E-state index is -0.984. The van der Waals surface area contributed by atoms with E-state index < -0.39 is 5.97 Å². The SMILES string of the molecule is Cn1nc(-c2cc3nccc(C(=O)O)c3[nH]2)c2ccc(N3CCc4ccccc43)cc21. The molecule has 2 aromatic carbocycles. The van der Waals surface area contributed by atoms with Crippen molar-refractivity contribution in [2.24, 2.45) is 7.05 Å². The molecule has 1 aliphatic heterocycles. The molecule has 0 atom stereocenters. The van der Waals surface area contributed by atoms with Crippen molar-refractivity contribution in [1.82, 2.24) is 19.7 Å². The maximum atomic E-state index is 11.6. The van der Waals surface area contributed by atoms with Gasteiger partial charge in [-0.1, -0.05) is 18.2 Å². The fraction of sp³-hybridized carbons (Fsp3) is 0.125. The highest BCUT2D eigenvalue weighted by molar-refractivity contribution is 6.03. The van der Waals surface area contributed by atoms with Gasteiger partial charge in [0.1, 0.15) is 5.69 Å². The molecule has 31 heavy (non-hydrogen) atoms. The third-order valence-corrected chi connectivity index (χ3v) is 6.04. The largest absolute Gasteiger partial charge is 0.478 e.